The Balaban J connectivity index is -0.000000995. The third kappa shape index (κ3) is 12.9. The molecule has 0 unspecified atom stereocenters. The molecule has 11 nitrogen and oxygen atoms in total. The lowest BCUT2D eigenvalue weighted by Crippen LogP contribution is -2.51. The van der Waals surface area contributed by atoms with Gasteiger partial charge in [0.15, 0.2) is 0 Å². The summed E-state index contributed by atoms with van der Waals surface area (Å²) in [6, 6.07) is 4.32. The van der Waals surface area contributed by atoms with Gasteiger partial charge in [0.2, 0.25) is 5.91 Å². The molecule has 1 aromatic carbocycles. The summed E-state index contributed by atoms with van der Waals surface area (Å²) in [5, 5.41) is 25.5. The van der Waals surface area contributed by atoms with Crippen LogP contribution in [0.5, 0.6) is 0 Å². The number of aliphatic carboxylic acids is 1. The zero-order chi connectivity index (χ0) is 31.9. The van der Waals surface area contributed by atoms with Crippen molar-refractivity contribution in [1.29, 1.82) is 0 Å². The Morgan fingerprint density at radius 1 is 1.18 bits per heavy atom. The molecular formula is C29H47N3O8. The summed E-state index contributed by atoms with van der Waals surface area (Å²) >= 11 is 0. The largest absolute Gasteiger partial charge is 0.479 e. The number of carbonyl (C=O) groups is 3. The number of methoxy groups -OCH3 is 1. The minimum Gasteiger partial charge on any atom is -0.479 e. The molecule has 0 bridgehead atoms. The van der Waals surface area contributed by atoms with Crippen LogP contribution in [0.4, 0.5) is 5.69 Å². The molecule has 1 saturated heterocycles. The van der Waals surface area contributed by atoms with E-state index in [0.717, 1.165) is 6.61 Å². The summed E-state index contributed by atoms with van der Waals surface area (Å²) in [5.41, 5.74) is -1.29. The molecule has 0 aromatic heterocycles. The molecule has 3 rings (SSSR count). The van der Waals surface area contributed by atoms with Crippen LogP contribution >= 0.6 is 0 Å². The first-order valence-corrected chi connectivity index (χ1v) is 13.4. The summed E-state index contributed by atoms with van der Waals surface area (Å²) in [4.78, 5) is 46.1. The highest BCUT2D eigenvalue weighted by atomic mass is 16.6. The lowest BCUT2D eigenvalue weighted by atomic mass is 10.1. The average Bonchev–Trinajstić information content (AvgIpc) is 3.53. The Bertz CT molecular complexity index is 916. The summed E-state index contributed by atoms with van der Waals surface area (Å²) in [5.74, 6) is -2.55. The van der Waals surface area contributed by atoms with Gasteiger partial charge in [0, 0.05) is 44.7 Å². The van der Waals surface area contributed by atoms with Crippen LogP contribution in [0.25, 0.3) is 0 Å². The van der Waals surface area contributed by atoms with Crippen LogP contribution < -0.4 is 10.6 Å². The Labute approximate surface area is 238 Å². The van der Waals surface area contributed by atoms with Crippen molar-refractivity contribution in [2.24, 2.45) is 5.92 Å². The topological polar surface area (TPSA) is 157 Å². The molecule has 4 atom stereocenters. The molecule has 1 aliphatic heterocycles. The number of carboxylic acid groups (broad SMARTS) is 1. The molecule has 11 heteroatoms. The lowest BCUT2D eigenvalue weighted by molar-refractivity contribution is -0.384. The molecule has 226 valence electrons. The Morgan fingerprint density at radius 3 is 2.05 bits per heavy atom. The molecule has 2 fully saturated rings. The van der Waals surface area contributed by atoms with E-state index in [1.165, 1.54) is 30.3 Å². The number of non-ortho nitro benzene ring substituents is 1. The molecule has 1 amide bonds. The molecule has 0 spiro atoms. The van der Waals surface area contributed by atoms with Gasteiger partial charge in [-0.25, -0.2) is 9.59 Å². The van der Waals surface area contributed by atoms with Gasteiger partial charge < -0.3 is 25.2 Å². The third-order valence-corrected chi connectivity index (χ3v) is 5.31. The number of rotatable bonds is 8. The molecule has 1 aliphatic carbocycles. The second-order valence-electron chi connectivity index (χ2n) is 7.42. The molecule has 1 heterocycles. The van der Waals surface area contributed by atoms with E-state index in [-0.39, 0.29) is 30.1 Å². The Hall–Kier alpha value is -3.75. The van der Waals surface area contributed by atoms with Gasteiger partial charge in [0.25, 0.3) is 5.69 Å². The second kappa shape index (κ2) is 23.2. The Morgan fingerprint density at radius 2 is 1.68 bits per heavy atom. The van der Waals surface area contributed by atoms with Gasteiger partial charge in [-0.05, 0) is 25.5 Å². The molecule has 3 N–H and O–H groups in total. The van der Waals surface area contributed by atoms with Gasteiger partial charge in [-0.15, -0.1) is 19.4 Å². The quantitative estimate of drug-likeness (QED) is 0.135. The van der Waals surface area contributed by atoms with E-state index in [4.69, 9.17) is 4.74 Å². The molecule has 1 saturated carbocycles. The summed E-state index contributed by atoms with van der Waals surface area (Å²) in [6.07, 6.45) is 9.42. The number of hydrogen-bond acceptors (Lipinski definition) is 8. The molecule has 2 aliphatic rings. The maximum atomic E-state index is 12.4. The number of carbonyl (C=O) groups excluding carboxylic acids is 2. The fourth-order valence-electron chi connectivity index (χ4n) is 3.25. The number of esters is 1. The van der Waals surface area contributed by atoms with E-state index in [2.05, 4.69) is 34.8 Å². The van der Waals surface area contributed by atoms with Crippen molar-refractivity contribution in [2.75, 3.05) is 20.3 Å². The molecular weight excluding hydrogens is 518 g/mol. The van der Waals surface area contributed by atoms with E-state index in [1.807, 2.05) is 48.5 Å². The number of benzene rings is 1. The first-order chi connectivity index (χ1) is 19.2. The predicted octanol–water partition coefficient (Wildman–Crippen LogP) is 4.61. The molecule has 0 radical (unpaired) electrons. The van der Waals surface area contributed by atoms with E-state index >= 15 is 0 Å². The van der Waals surface area contributed by atoms with Gasteiger partial charge >= 0.3 is 11.9 Å². The van der Waals surface area contributed by atoms with Gasteiger partial charge in [-0.2, -0.15) is 0 Å². The number of amides is 1. The zero-order valence-corrected chi connectivity index (χ0v) is 25.1. The van der Waals surface area contributed by atoms with Gasteiger partial charge in [-0.3, -0.25) is 14.9 Å². The average molecular weight is 566 g/mol. The highest BCUT2D eigenvalue weighted by molar-refractivity contribution is 5.93. The number of nitrogens with zero attached hydrogens (tertiary/aromatic N) is 1. The number of nitro benzene ring substituents is 1. The van der Waals surface area contributed by atoms with Crippen molar-refractivity contribution in [3.8, 4) is 12.8 Å². The highest BCUT2D eigenvalue weighted by Gasteiger charge is 2.60. The summed E-state index contributed by atoms with van der Waals surface area (Å²) in [7, 11) is 1.68. The number of carboxylic acids is 1. The van der Waals surface area contributed by atoms with Crippen LogP contribution in [-0.4, -0.2) is 65.8 Å². The Kier molecular flexibility index (Phi) is 23.6. The monoisotopic (exact) mass is 565 g/mol. The van der Waals surface area contributed by atoms with E-state index in [0.29, 0.717) is 6.42 Å². The van der Waals surface area contributed by atoms with Crippen LogP contribution in [0.2, 0.25) is 0 Å². The van der Waals surface area contributed by atoms with E-state index < -0.39 is 40.5 Å². The first kappa shape index (κ1) is 40.7. The number of hydrogen-bond donors (Lipinski definition) is 3. The second-order valence-corrected chi connectivity index (χ2v) is 7.42. The first-order valence-electron chi connectivity index (χ1n) is 13.4. The summed E-state index contributed by atoms with van der Waals surface area (Å²) < 4.78 is 9.87. The zero-order valence-electron chi connectivity index (χ0n) is 25.1. The normalized spacial score (nSPS) is 21.0. The van der Waals surface area contributed by atoms with Crippen molar-refractivity contribution in [1.82, 2.24) is 10.6 Å². The fraction of sp³-hybridized carbons (Fsp3) is 0.552. The third-order valence-electron chi connectivity index (χ3n) is 5.31. The lowest BCUT2D eigenvalue weighted by Gasteiger charge is -2.17. The standard InChI is InChI=1S/C18H19N3O7.C3H8O.3C2H6.C2H2/c1-2-11-8-18(11,17(24)25)20-15(22)14-7-13(9-19-14)28-16(23)10-3-5-12(6-4-10)21(26)27;1-3-4-2;4*1-2/h2-6,11,13-14,19H,1,7-9H2,(H,20,22)(H,24,25);3H2,1-2H3;3*1-2H3;1-2H/t11-,13+,14+,18-;;;;;/m1...../s1. The molecule has 40 heavy (non-hydrogen) atoms. The number of nitrogens with one attached hydrogen (secondary N) is 2. The highest BCUT2D eigenvalue weighted by Crippen LogP contribution is 2.44. The smallest absolute Gasteiger partial charge is 0.338 e. The van der Waals surface area contributed by atoms with Gasteiger partial charge in [-0.1, -0.05) is 47.6 Å². The van der Waals surface area contributed by atoms with Gasteiger partial charge in [0.05, 0.1) is 16.5 Å². The summed E-state index contributed by atoms with van der Waals surface area (Å²) in [6.45, 7) is 18.6. The van der Waals surface area contributed by atoms with Crippen molar-refractivity contribution >= 4 is 23.5 Å². The van der Waals surface area contributed by atoms with Crippen LogP contribution in [0, 0.1) is 28.9 Å². The van der Waals surface area contributed by atoms with E-state index in [1.54, 1.807) is 7.11 Å². The number of terminal acetylenes is 1. The molecule has 1 aromatic rings. The van der Waals surface area contributed by atoms with Crippen molar-refractivity contribution < 1.29 is 33.9 Å². The van der Waals surface area contributed by atoms with Crippen LogP contribution in [0.15, 0.2) is 36.9 Å². The predicted molar refractivity (Wildman–Crippen MR) is 157 cm³/mol. The number of nitro groups is 1. The van der Waals surface area contributed by atoms with Crippen molar-refractivity contribution in [3.63, 3.8) is 0 Å². The minimum atomic E-state index is -1.31. The number of ether oxygens (including phenoxy) is 2. The van der Waals surface area contributed by atoms with Gasteiger partial charge in [0.1, 0.15) is 11.6 Å². The van der Waals surface area contributed by atoms with Crippen molar-refractivity contribution in [3.05, 3.63) is 52.6 Å². The van der Waals surface area contributed by atoms with Crippen LogP contribution in [0.1, 0.15) is 71.7 Å². The SMILES string of the molecule is C#C.C=C[C@@H]1C[C@]1(NC(=O)[C@@H]1C[C@H](OC(=O)c2ccc([N+](=O)[O-])cc2)CN1)C(=O)O.CC.CC.CC.CCOC. The maximum absolute atomic E-state index is 12.4. The van der Waals surface area contributed by atoms with Crippen LogP contribution in [-0.2, 0) is 19.1 Å². The fourth-order valence-corrected chi connectivity index (χ4v) is 3.25. The van der Waals surface area contributed by atoms with Crippen LogP contribution in [0.3, 0.4) is 0 Å². The maximum Gasteiger partial charge on any atom is 0.338 e. The van der Waals surface area contributed by atoms with Crippen molar-refractivity contribution in [2.45, 2.75) is 79.0 Å². The van der Waals surface area contributed by atoms with E-state index in [9.17, 15) is 29.6 Å². The minimum absolute atomic E-state index is 0.138.